The van der Waals surface area contributed by atoms with Crippen LogP contribution in [-0.2, 0) is 0 Å². The minimum Gasteiger partial charge on any atom is -0.391 e. The Morgan fingerprint density at radius 1 is 1.56 bits per heavy atom. The number of aromatic nitrogens is 1. The first-order valence-corrected chi connectivity index (χ1v) is 6.47. The van der Waals surface area contributed by atoms with Gasteiger partial charge in [-0.05, 0) is 31.4 Å². The monoisotopic (exact) mass is 268 g/mol. The normalized spacial score (nSPS) is 24.1. The van der Waals surface area contributed by atoms with Crippen LogP contribution in [0, 0.1) is 12.8 Å². The molecule has 0 spiro atoms. The van der Waals surface area contributed by atoms with Crippen LogP contribution in [0.25, 0.3) is 0 Å². The van der Waals surface area contributed by atoms with E-state index in [9.17, 15) is 9.90 Å². The summed E-state index contributed by atoms with van der Waals surface area (Å²) in [6, 6.07) is 3.31. The molecule has 4 nitrogen and oxygen atoms in total. The number of amides is 1. The van der Waals surface area contributed by atoms with Crippen LogP contribution in [0.15, 0.2) is 12.1 Å². The molecule has 2 unspecified atom stereocenters. The van der Waals surface area contributed by atoms with Gasteiger partial charge >= 0.3 is 0 Å². The summed E-state index contributed by atoms with van der Waals surface area (Å²) in [6.07, 6.45) is 0.385. The smallest absolute Gasteiger partial charge is 0.255 e. The summed E-state index contributed by atoms with van der Waals surface area (Å²) in [7, 11) is 0. The Morgan fingerprint density at radius 2 is 2.28 bits per heavy atom. The highest BCUT2D eigenvalue weighted by Crippen LogP contribution is 2.20. The number of carbonyl (C=O) groups is 1. The zero-order chi connectivity index (χ0) is 13.3. The van der Waals surface area contributed by atoms with E-state index in [-0.39, 0.29) is 11.8 Å². The minimum absolute atomic E-state index is 0.0809. The maximum atomic E-state index is 12.3. The van der Waals surface area contributed by atoms with Gasteiger partial charge in [-0.1, -0.05) is 18.5 Å². The number of rotatable bonds is 1. The topological polar surface area (TPSA) is 53.4 Å². The van der Waals surface area contributed by atoms with Crippen LogP contribution >= 0.6 is 11.6 Å². The number of likely N-dealkylation sites (tertiary alicyclic amines) is 1. The van der Waals surface area contributed by atoms with Gasteiger partial charge in [0, 0.05) is 13.1 Å². The molecule has 2 atom stereocenters. The van der Waals surface area contributed by atoms with Gasteiger partial charge in [-0.15, -0.1) is 0 Å². The number of carbonyl (C=O) groups excluding carboxylic acids is 1. The number of β-amino-alcohol motifs (C(OH)–C–C–N with tert-alkyl or cyclic N) is 1. The first-order valence-electron chi connectivity index (χ1n) is 6.09. The van der Waals surface area contributed by atoms with E-state index in [2.05, 4.69) is 4.98 Å². The van der Waals surface area contributed by atoms with Crippen molar-refractivity contribution in [2.24, 2.45) is 5.92 Å². The molecular formula is C13H17ClN2O2. The van der Waals surface area contributed by atoms with Crippen molar-refractivity contribution < 1.29 is 9.90 Å². The summed E-state index contributed by atoms with van der Waals surface area (Å²) in [5.74, 6) is 0.168. The summed E-state index contributed by atoms with van der Waals surface area (Å²) in [4.78, 5) is 18.1. The molecule has 98 valence electrons. The van der Waals surface area contributed by atoms with Crippen molar-refractivity contribution >= 4 is 17.5 Å². The molecule has 0 aromatic carbocycles. The highest BCUT2D eigenvalue weighted by molar-refractivity contribution is 6.29. The third kappa shape index (κ3) is 2.65. The second-order valence-electron chi connectivity index (χ2n) is 4.85. The van der Waals surface area contributed by atoms with Crippen LogP contribution in [0.5, 0.6) is 0 Å². The van der Waals surface area contributed by atoms with Crippen molar-refractivity contribution in [2.75, 3.05) is 13.1 Å². The summed E-state index contributed by atoms with van der Waals surface area (Å²) >= 11 is 5.77. The van der Waals surface area contributed by atoms with Crippen molar-refractivity contribution in [2.45, 2.75) is 26.4 Å². The predicted octanol–water partition coefficient (Wildman–Crippen LogP) is 1.89. The number of aliphatic hydroxyl groups is 1. The van der Waals surface area contributed by atoms with Crippen molar-refractivity contribution in [1.29, 1.82) is 0 Å². The number of halogens is 1. The second-order valence-corrected chi connectivity index (χ2v) is 5.24. The average Bonchev–Trinajstić information content (AvgIpc) is 2.32. The number of aliphatic hydroxyl groups excluding tert-OH is 1. The lowest BCUT2D eigenvalue weighted by molar-refractivity contribution is 0.0248. The molecular weight excluding hydrogens is 252 g/mol. The van der Waals surface area contributed by atoms with Gasteiger partial charge in [-0.3, -0.25) is 4.79 Å². The first-order chi connectivity index (χ1) is 8.49. The van der Waals surface area contributed by atoms with Gasteiger partial charge < -0.3 is 10.0 Å². The van der Waals surface area contributed by atoms with Gasteiger partial charge in [0.2, 0.25) is 0 Å². The van der Waals surface area contributed by atoms with E-state index in [1.807, 2.05) is 6.92 Å². The molecule has 18 heavy (non-hydrogen) atoms. The predicted molar refractivity (Wildman–Crippen MR) is 69.7 cm³/mol. The van der Waals surface area contributed by atoms with Gasteiger partial charge in [0.1, 0.15) is 5.15 Å². The SMILES string of the molecule is Cc1nc(Cl)ccc1C(=O)N1CCC(C)C(O)C1. The number of pyridine rings is 1. The zero-order valence-corrected chi connectivity index (χ0v) is 11.3. The Bertz CT molecular complexity index is 464. The number of hydrogen-bond donors (Lipinski definition) is 1. The second kappa shape index (κ2) is 5.24. The van der Waals surface area contributed by atoms with Crippen LogP contribution in [0.2, 0.25) is 5.15 Å². The van der Waals surface area contributed by atoms with Gasteiger partial charge in [-0.2, -0.15) is 0 Å². The molecule has 2 rings (SSSR count). The lowest BCUT2D eigenvalue weighted by Gasteiger charge is -2.34. The van der Waals surface area contributed by atoms with Gasteiger partial charge in [0.05, 0.1) is 17.4 Å². The molecule has 1 aliphatic rings. The Hall–Kier alpha value is -1.13. The Kier molecular flexibility index (Phi) is 3.88. The van der Waals surface area contributed by atoms with Crippen LogP contribution in [0.4, 0.5) is 0 Å². The fourth-order valence-electron chi connectivity index (χ4n) is 2.16. The van der Waals surface area contributed by atoms with Gasteiger partial charge in [0.25, 0.3) is 5.91 Å². The lowest BCUT2D eigenvalue weighted by Crippen LogP contribution is -2.46. The largest absolute Gasteiger partial charge is 0.391 e. The van der Waals surface area contributed by atoms with E-state index < -0.39 is 6.10 Å². The average molecular weight is 269 g/mol. The number of nitrogens with zero attached hydrogens (tertiary/aromatic N) is 2. The molecule has 1 N–H and O–H groups in total. The molecule has 1 aromatic heterocycles. The molecule has 2 heterocycles. The maximum Gasteiger partial charge on any atom is 0.255 e. The fourth-order valence-corrected chi connectivity index (χ4v) is 2.35. The molecule has 1 saturated heterocycles. The highest BCUT2D eigenvalue weighted by Gasteiger charge is 2.28. The van der Waals surface area contributed by atoms with Crippen molar-refractivity contribution in [1.82, 2.24) is 9.88 Å². The van der Waals surface area contributed by atoms with E-state index >= 15 is 0 Å². The third-order valence-corrected chi connectivity index (χ3v) is 3.70. The molecule has 5 heteroatoms. The van der Waals surface area contributed by atoms with Crippen LogP contribution in [0.3, 0.4) is 0 Å². The van der Waals surface area contributed by atoms with E-state index in [0.29, 0.717) is 29.5 Å². The molecule has 1 aliphatic heterocycles. The lowest BCUT2D eigenvalue weighted by atomic mass is 9.95. The summed E-state index contributed by atoms with van der Waals surface area (Å²) in [5.41, 5.74) is 1.18. The van der Waals surface area contributed by atoms with Gasteiger partial charge in [0.15, 0.2) is 0 Å². The summed E-state index contributed by atoms with van der Waals surface area (Å²) in [5, 5.41) is 10.2. The number of piperidine rings is 1. The van der Waals surface area contributed by atoms with Crippen LogP contribution in [-0.4, -0.2) is 40.1 Å². The Morgan fingerprint density at radius 3 is 2.89 bits per heavy atom. The molecule has 0 saturated carbocycles. The van der Waals surface area contributed by atoms with Crippen molar-refractivity contribution in [3.63, 3.8) is 0 Å². The molecule has 1 fully saturated rings. The molecule has 0 radical (unpaired) electrons. The molecule has 1 aromatic rings. The number of hydrogen-bond acceptors (Lipinski definition) is 3. The maximum absolute atomic E-state index is 12.3. The third-order valence-electron chi connectivity index (χ3n) is 3.49. The Balaban J connectivity index is 2.16. The highest BCUT2D eigenvalue weighted by atomic mass is 35.5. The zero-order valence-electron chi connectivity index (χ0n) is 10.6. The molecule has 0 aliphatic carbocycles. The van der Waals surface area contributed by atoms with E-state index in [1.165, 1.54) is 0 Å². The van der Waals surface area contributed by atoms with Crippen molar-refractivity contribution in [3.05, 3.63) is 28.5 Å². The minimum atomic E-state index is -0.441. The quantitative estimate of drug-likeness (QED) is 0.792. The summed E-state index contributed by atoms with van der Waals surface area (Å²) < 4.78 is 0. The van der Waals surface area contributed by atoms with Crippen LogP contribution < -0.4 is 0 Å². The summed E-state index contributed by atoms with van der Waals surface area (Å²) in [6.45, 7) is 4.84. The van der Waals surface area contributed by atoms with Crippen LogP contribution in [0.1, 0.15) is 29.4 Å². The van der Waals surface area contributed by atoms with E-state index in [1.54, 1.807) is 24.0 Å². The molecule has 0 bridgehead atoms. The van der Waals surface area contributed by atoms with Crippen molar-refractivity contribution in [3.8, 4) is 0 Å². The van der Waals surface area contributed by atoms with Gasteiger partial charge in [-0.25, -0.2) is 4.98 Å². The number of aryl methyl sites for hydroxylation is 1. The molecule has 1 amide bonds. The Labute approximate surface area is 112 Å². The van der Waals surface area contributed by atoms with E-state index in [4.69, 9.17) is 11.6 Å². The fraction of sp³-hybridized carbons (Fsp3) is 0.538. The first kappa shape index (κ1) is 13.3. The van der Waals surface area contributed by atoms with E-state index in [0.717, 1.165) is 6.42 Å². The standard InChI is InChI=1S/C13H17ClN2O2/c1-8-5-6-16(7-11(8)17)13(18)10-3-4-12(14)15-9(10)2/h3-4,8,11,17H,5-7H2,1-2H3.